The van der Waals surface area contributed by atoms with Crippen molar-refractivity contribution >= 4 is 5.91 Å². The van der Waals surface area contributed by atoms with E-state index < -0.39 is 49.5 Å². The normalized spacial score (nSPS) is 19.0. The van der Waals surface area contributed by atoms with Gasteiger partial charge in [0.15, 0.2) is 6.29 Å². The molecule has 6 N–H and O–H groups in total. The van der Waals surface area contributed by atoms with Crippen LogP contribution in [-0.2, 0) is 14.3 Å². The summed E-state index contributed by atoms with van der Waals surface area (Å²) in [7, 11) is 0. The van der Waals surface area contributed by atoms with Crippen molar-refractivity contribution in [3.63, 3.8) is 0 Å². The third-order valence-electron chi connectivity index (χ3n) is 15.9. The van der Waals surface area contributed by atoms with Crippen molar-refractivity contribution in [3.05, 3.63) is 60.8 Å². The minimum atomic E-state index is -1.55. The Labute approximate surface area is 481 Å². The van der Waals surface area contributed by atoms with Gasteiger partial charge >= 0.3 is 0 Å². The summed E-state index contributed by atoms with van der Waals surface area (Å²) in [6.07, 6.45) is 72.9. The number of allylic oxidation sites excluding steroid dienone is 10. The number of aliphatic hydroxyl groups excluding tert-OH is 5. The van der Waals surface area contributed by atoms with Gasteiger partial charge in [-0.15, -0.1) is 0 Å². The first kappa shape index (κ1) is 73.9. The largest absolute Gasteiger partial charge is 0.394 e. The molecule has 1 amide bonds. The SMILES string of the molecule is CC/C=C\C/C=C\C/C=C\C/C=C\C/C=C\CCCCCCCCCCCCCCCCCCCCCCCCCC(=O)NC(COC1OC(CO)C(O)C(O)C1O)C(O)CCCCCCCCCCCCCCCCCC. The van der Waals surface area contributed by atoms with Crippen LogP contribution in [0.4, 0.5) is 0 Å². The lowest BCUT2D eigenvalue weighted by Gasteiger charge is -2.40. The average Bonchev–Trinajstić information content (AvgIpc) is 3.45. The van der Waals surface area contributed by atoms with Gasteiger partial charge in [-0.2, -0.15) is 0 Å². The number of aliphatic hydroxyl groups is 5. The quantitative estimate of drug-likeness (QED) is 0.0261. The highest BCUT2D eigenvalue weighted by atomic mass is 16.7. The Kier molecular flexibility index (Phi) is 55.0. The van der Waals surface area contributed by atoms with E-state index in [-0.39, 0.29) is 12.5 Å². The van der Waals surface area contributed by atoms with Crippen molar-refractivity contribution < 1.29 is 39.8 Å². The van der Waals surface area contributed by atoms with Gasteiger partial charge < -0.3 is 40.3 Å². The van der Waals surface area contributed by atoms with E-state index in [9.17, 15) is 30.3 Å². The molecule has 1 rings (SSSR count). The molecular formula is C69H127NO8. The fourth-order valence-electron chi connectivity index (χ4n) is 10.7. The van der Waals surface area contributed by atoms with Crippen LogP contribution in [0.1, 0.15) is 316 Å². The van der Waals surface area contributed by atoms with Gasteiger partial charge in [0.1, 0.15) is 24.4 Å². The van der Waals surface area contributed by atoms with E-state index in [0.717, 1.165) is 70.6 Å². The van der Waals surface area contributed by atoms with Crippen molar-refractivity contribution in [1.82, 2.24) is 5.32 Å². The minimum absolute atomic E-state index is 0.135. The zero-order valence-electron chi connectivity index (χ0n) is 50.9. The molecule has 0 bridgehead atoms. The smallest absolute Gasteiger partial charge is 0.220 e. The summed E-state index contributed by atoms with van der Waals surface area (Å²) >= 11 is 0. The van der Waals surface area contributed by atoms with E-state index in [4.69, 9.17) is 9.47 Å². The second kappa shape index (κ2) is 58.1. The van der Waals surface area contributed by atoms with Crippen LogP contribution < -0.4 is 5.32 Å². The number of rotatable bonds is 58. The summed E-state index contributed by atoms with van der Waals surface area (Å²) in [5.74, 6) is -0.139. The second-order valence-corrected chi connectivity index (χ2v) is 23.2. The van der Waals surface area contributed by atoms with E-state index in [2.05, 4.69) is 79.9 Å². The molecule has 1 fully saturated rings. The van der Waals surface area contributed by atoms with Crippen LogP contribution in [-0.4, -0.2) is 87.5 Å². The van der Waals surface area contributed by atoms with E-state index in [1.54, 1.807) is 0 Å². The molecule has 7 atom stereocenters. The summed E-state index contributed by atoms with van der Waals surface area (Å²) < 4.78 is 11.3. The maximum atomic E-state index is 13.1. The lowest BCUT2D eigenvalue weighted by atomic mass is 9.99. The molecule has 0 aromatic heterocycles. The molecule has 0 aromatic rings. The van der Waals surface area contributed by atoms with Crippen LogP contribution in [0.2, 0.25) is 0 Å². The van der Waals surface area contributed by atoms with Gasteiger partial charge in [-0.1, -0.05) is 312 Å². The van der Waals surface area contributed by atoms with Gasteiger partial charge in [0.25, 0.3) is 0 Å². The Morgan fingerprint density at radius 3 is 1.18 bits per heavy atom. The summed E-state index contributed by atoms with van der Waals surface area (Å²) in [5.41, 5.74) is 0. The average molecular weight is 1100 g/mol. The first-order valence-electron chi connectivity index (χ1n) is 33.5. The van der Waals surface area contributed by atoms with Crippen molar-refractivity contribution in [2.24, 2.45) is 0 Å². The van der Waals surface area contributed by atoms with Crippen LogP contribution in [0, 0.1) is 0 Å². The molecule has 0 aromatic carbocycles. The third kappa shape index (κ3) is 46.5. The Hall–Kier alpha value is -2.11. The molecule has 0 saturated carbocycles. The van der Waals surface area contributed by atoms with Crippen LogP contribution >= 0.6 is 0 Å². The number of nitrogens with one attached hydrogen (secondary N) is 1. The van der Waals surface area contributed by atoms with Gasteiger partial charge in [0.2, 0.25) is 5.91 Å². The molecule has 456 valence electrons. The van der Waals surface area contributed by atoms with Crippen molar-refractivity contribution in [1.29, 1.82) is 0 Å². The predicted molar refractivity (Wildman–Crippen MR) is 332 cm³/mol. The van der Waals surface area contributed by atoms with Gasteiger partial charge in [-0.25, -0.2) is 0 Å². The summed E-state index contributed by atoms with van der Waals surface area (Å²) in [5, 5.41) is 54.8. The zero-order chi connectivity index (χ0) is 56.5. The fourth-order valence-corrected chi connectivity index (χ4v) is 10.7. The Morgan fingerprint density at radius 2 is 0.795 bits per heavy atom. The molecule has 1 aliphatic rings. The molecule has 0 spiro atoms. The molecule has 1 aliphatic heterocycles. The number of unbranched alkanes of at least 4 members (excludes halogenated alkanes) is 38. The molecule has 9 heteroatoms. The molecule has 1 heterocycles. The first-order valence-corrected chi connectivity index (χ1v) is 33.5. The van der Waals surface area contributed by atoms with Gasteiger partial charge in [0, 0.05) is 6.42 Å². The number of carbonyl (C=O) groups excluding carboxylic acids is 1. The molecule has 9 nitrogen and oxygen atoms in total. The maximum absolute atomic E-state index is 13.1. The lowest BCUT2D eigenvalue weighted by Crippen LogP contribution is -2.60. The number of carbonyl (C=O) groups is 1. The van der Waals surface area contributed by atoms with Gasteiger partial charge in [-0.05, 0) is 57.8 Å². The number of hydrogen-bond acceptors (Lipinski definition) is 8. The second-order valence-electron chi connectivity index (χ2n) is 23.2. The summed E-state index contributed by atoms with van der Waals surface area (Å²) in [4.78, 5) is 13.1. The zero-order valence-corrected chi connectivity index (χ0v) is 50.9. The topological polar surface area (TPSA) is 149 Å². The standard InChI is InChI=1S/C69H127NO8/c1-3-5-7-9-11-13-15-17-19-21-22-23-24-25-26-27-28-29-30-31-32-33-34-35-36-37-38-39-40-41-42-43-45-47-49-51-53-55-57-59-65(73)70-62(61-77-69-68(76)67(75)66(74)64(60-71)78-69)63(72)58-56-54-52-50-48-46-44-20-18-16-14-12-10-8-6-4-2/h5,7,11,13,17,19,22-23,25-26,62-64,66-69,71-72,74-76H,3-4,6,8-10,12,14-16,18,20-21,24,27-61H2,1-2H3,(H,70,73)/b7-5-,13-11-,19-17-,23-22-,26-25-. The first-order chi connectivity index (χ1) is 38.3. The Bertz CT molecular complexity index is 1410. The summed E-state index contributed by atoms with van der Waals surface area (Å²) in [6, 6.07) is -0.718. The fraction of sp³-hybridized carbons (Fsp3) is 0.841. The molecule has 1 saturated heterocycles. The highest BCUT2D eigenvalue weighted by Gasteiger charge is 2.44. The van der Waals surface area contributed by atoms with E-state index in [1.807, 2.05) is 0 Å². The van der Waals surface area contributed by atoms with Crippen LogP contribution in [0.25, 0.3) is 0 Å². The number of amides is 1. The lowest BCUT2D eigenvalue weighted by molar-refractivity contribution is -0.302. The van der Waals surface area contributed by atoms with E-state index in [1.165, 1.54) is 218 Å². The van der Waals surface area contributed by atoms with Crippen LogP contribution in [0.5, 0.6) is 0 Å². The Balaban J connectivity index is 2.04. The number of ether oxygens (including phenoxy) is 2. The highest BCUT2D eigenvalue weighted by Crippen LogP contribution is 2.24. The predicted octanol–water partition coefficient (Wildman–Crippen LogP) is 17.8. The monoisotopic (exact) mass is 1100 g/mol. The highest BCUT2D eigenvalue weighted by molar-refractivity contribution is 5.76. The molecule has 78 heavy (non-hydrogen) atoms. The van der Waals surface area contributed by atoms with Crippen LogP contribution in [0.3, 0.4) is 0 Å². The van der Waals surface area contributed by atoms with Crippen LogP contribution in [0.15, 0.2) is 60.8 Å². The van der Waals surface area contributed by atoms with Crippen molar-refractivity contribution in [2.45, 2.75) is 358 Å². The third-order valence-corrected chi connectivity index (χ3v) is 15.9. The van der Waals surface area contributed by atoms with Crippen molar-refractivity contribution in [2.75, 3.05) is 13.2 Å². The van der Waals surface area contributed by atoms with Crippen molar-refractivity contribution in [3.8, 4) is 0 Å². The van der Waals surface area contributed by atoms with Gasteiger partial charge in [0.05, 0.1) is 25.4 Å². The van der Waals surface area contributed by atoms with E-state index in [0.29, 0.717) is 12.8 Å². The van der Waals surface area contributed by atoms with E-state index >= 15 is 0 Å². The molecule has 0 radical (unpaired) electrons. The molecular weight excluding hydrogens is 971 g/mol. The summed E-state index contributed by atoms with van der Waals surface area (Å²) in [6.45, 7) is 3.75. The molecule has 0 aliphatic carbocycles. The molecule has 7 unspecified atom stereocenters. The maximum Gasteiger partial charge on any atom is 0.220 e. The number of hydrogen-bond donors (Lipinski definition) is 6. The Morgan fingerprint density at radius 1 is 0.449 bits per heavy atom. The minimum Gasteiger partial charge on any atom is -0.394 e. The van der Waals surface area contributed by atoms with Gasteiger partial charge in [-0.3, -0.25) is 4.79 Å².